The highest BCUT2D eigenvalue weighted by atomic mass is 32.2. The number of ketones is 1. The number of hydrogen-bond acceptors (Lipinski definition) is 2. The number of Topliss-reactive ketones (excluding diaryl/α,β-unsaturated/α-hetero) is 1. The van der Waals surface area contributed by atoms with Gasteiger partial charge in [0.1, 0.15) is 0 Å². The molecule has 0 amide bonds. The summed E-state index contributed by atoms with van der Waals surface area (Å²) >= 11 is -2.01. The van der Waals surface area contributed by atoms with Gasteiger partial charge in [-0.2, -0.15) is 0 Å². The first kappa shape index (κ1) is 9.09. The van der Waals surface area contributed by atoms with E-state index in [0.717, 1.165) is 0 Å². The summed E-state index contributed by atoms with van der Waals surface area (Å²) < 4.78 is 19.3. The van der Waals surface area contributed by atoms with E-state index in [1.54, 1.807) is 12.1 Å². The first-order valence-electron chi connectivity index (χ1n) is 3.33. The molecule has 1 rings (SSSR count). The van der Waals surface area contributed by atoms with Crippen LogP contribution in [0.15, 0.2) is 29.2 Å². The number of carbonyl (C=O) groups is 1. The van der Waals surface area contributed by atoms with Crippen molar-refractivity contribution in [1.82, 2.24) is 0 Å². The lowest BCUT2D eigenvalue weighted by molar-refractivity contribution is 0.101. The van der Waals surface area contributed by atoms with Gasteiger partial charge in [-0.15, -0.1) is 0 Å². The summed E-state index contributed by atoms with van der Waals surface area (Å²) in [5, 5.41) is 0. The van der Waals surface area contributed by atoms with Crippen LogP contribution in [0.25, 0.3) is 0 Å². The van der Waals surface area contributed by atoms with Crippen LogP contribution in [0.1, 0.15) is 17.3 Å². The number of carbonyl (C=O) groups excluding carboxylic acids is 1. The number of benzene rings is 1. The van der Waals surface area contributed by atoms with Crippen molar-refractivity contribution < 1.29 is 13.6 Å². The third-order valence-corrected chi connectivity index (χ3v) is 2.10. The minimum atomic E-state index is -2.01. The summed E-state index contributed by atoms with van der Waals surface area (Å²) in [5.74, 6) is -0.109. The van der Waals surface area contributed by atoms with Crippen LogP contribution < -0.4 is 0 Å². The van der Waals surface area contributed by atoms with E-state index in [4.69, 9.17) is 4.55 Å². The molecule has 0 aliphatic rings. The van der Waals surface area contributed by atoms with Crippen molar-refractivity contribution in [2.75, 3.05) is 0 Å². The summed E-state index contributed by atoms with van der Waals surface area (Å²) in [6, 6.07) is 6.11. The van der Waals surface area contributed by atoms with E-state index < -0.39 is 11.1 Å². The monoisotopic (exact) mass is 184 g/mol. The molecule has 0 aliphatic heterocycles. The second-order valence-electron chi connectivity index (χ2n) is 2.33. The Kier molecular flexibility index (Phi) is 2.73. The molecule has 0 saturated heterocycles. The van der Waals surface area contributed by atoms with Crippen molar-refractivity contribution in [2.45, 2.75) is 11.8 Å². The first-order chi connectivity index (χ1) is 5.61. The molecular formula is C8H8O3S. The summed E-state index contributed by atoms with van der Waals surface area (Å²) in [4.78, 5) is 11.1. The van der Waals surface area contributed by atoms with Crippen LogP contribution >= 0.6 is 0 Å². The van der Waals surface area contributed by atoms with Gasteiger partial charge in [0.25, 0.3) is 0 Å². The molecule has 1 N–H and O–H groups in total. The van der Waals surface area contributed by atoms with Crippen molar-refractivity contribution >= 4 is 16.9 Å². The van der Waals surface area contributed by atoms with E-state index in [1.807, 2.05) is 0 Å². The highest BCUT2D eigenvalue weighted by Gasteiger charge is 2.03. The fraction of sp³-hybridized carbons (Fsp3) is 0.125. The molecule has 0 saturated carbocycles. The Morgan fingerprint density at radius 3 is 2.67 bits per heavy atom. The first-order valence-corrected chi connectivity index (χ1v) is 4.44. The van der Waals surface area contributed by atoms with E-state index in [0.29, 0.717) is 5.56 Å². The zero-order valence-electron chi connectivity index (χ0n) is 6.48. The molecule has 0 aliphatic carbocycles. The predicted molar refractivity (Wildman–Crippen MR) is 45.5 cm³/mol. The molecular weight excluding hydrogens is 176 g/mol. The Bertz CT molecular complexity index is 304. The van der Waals surface area contributed by atoms with Crippen LogP contribution in [0.4, 0.5) is 0 Å². The van der Waals surface area contributed by atoms with Crippen LogP contribution in [0, 0.1) is 0 Å². The summed E-state index contributed by atoms with van der Waals surface area (Å²) in [6.45, 7) is 1.42. The van der Waals surface area contributed by atoms with Gasteiger partial charge in [-0.3, -0.25) is 4.79 Å². The topological polar surface area (TPSA) is 54.4 Å². The largest absolute Gasteiger partial charge is 0.302 e. The van der Waals surface area contributed by atoms with Gasteiger partial charge >= 0.3 is 0 Å². The Balaban J connectivity index is 3.12. The molecule has 0 fully saturated rings. The van der Waals surface area contributed by atoms with E-state index in [-0.39, 0.29) is 10.7 Å². The van der Waals surface area contributed by atoms with Crippen LogP contribution in [-0.4, -0.2) is 14.5 Å². The molecule has 3 nitrogen and oxygen atoms in total. The van der Waals surface area contributed by atoms with Gasteiger partial charge < -0.3 is 4.55 Å². The maximum atomic E-state index is 10.8. The SMILES string of the molecule is CC(=O)c1cccc(S(=O)O)c1. The predicted octanol–water partition coefficient (Wildman–Crippen LogP) is 1.47. The molecule has 1 unspecified atom stereocenters. The average molecular weight is 184 g/mol. The van der Waals surface area contributed by atoms with E-state index in [9.17, 15) is 9.00 Å². The fourth-order valence-corrected chi connectivity index (χ4v) is 1.25. The summed E-state index contributed by atoms with van der Waals surface area (Å²) in [7, 11) is 0. The zero-order valence-corrected chi connectivity index (χ0v) is 7.30. The van der Waals surface area contributed by atoms with E-state index in [1.165, 1.54) is 19.1 Å². The van der Waals surface area contributed by atoms with Gasteiger partial charge in [0, 0.05) is 5.56 Å². The van der Waals surface area contributed by atoms with E-state index >= 15 is 0 Å². The van der Waals surface area contributed by atoms with Crippen molar-refractivity contribution in [3.05, 3.63) is 29.8 Å². The third kappa shape index (κ3) is 1.99. The lowest BCUT2D eigenvalue weighted by Crippen LogP contribution is -1.94. The molecule has 1 aromatic rings. The lowest BCUT2D eigenvalue weighted by Gasteiger charge is -1.97. The minimum Gasteiger partial charge on any atom is -0.302 e. The molecule has 0 spiro atoms. The van der Waals surface area contributed by atoms with Gasteiger partial charge in [-0.25, -0.2) is 4.21 Å². The van der Waals surface area contributed by atoms with Crippen molar-refractivity contribution in [3.63, 3.8) is 0 Å². The van der Waals surface area contributed by atoms with Crippen LogP contribution in [0.2, 0.25) is 0 Å². The molecule has 1 aromatic carbocycles. The van der Waals surface area contributed by atoms with Gasteiger partial charge in [0.05, 0.1) is 4.90 Å². The number of hydrogen-bond donors (Lipinski definition) is 1. The molecule has 12 heavy (non-hydrogen) atoms. The van der Waals surface area contributed by atoms with Crippen LogP contribution in [-0.2, 0) is 11.1 Å². The van der Waals surface area contributed by atoms with Gasteiger partial charge in [-0.05, 0) is 19.1 Å². The highest BCUT2D eigenvalue weighted by molar-refractivity contribution is 7.79. The smallest absolute Gasteiger partial charge is 0.186 e. The van der Waals surface area contributed by atoms with Gasteiger partial charge in [-0.1, -0.05) is 12.1 Å². The van der Waals surface area contributed by atoms with Crippen molar-refractivity contribution in [3.8, 4) is 0 Å². The maximum Gasteiger partial charge on any atom is 0.186 e. The quantitative estimate of drug-likeness (QED) is 0.559. The Labute approximate surface area is 72.7 Å². The molecule has 0 bridgehead atoms. The van der Waals surface area contributed by atoms with E-state index in [2.05, 4.69) is 0 Å². The normalized spacial score (nSPS) is 12.5. The van der Waals surface area contributed by atoms with Crippen molar-refractivity contribution in [2.24, 2.45) is 0 Å². The van der Waals surface area contributed by atoms with Crippen molar-refractivity contribution in [1.29, 1.82) is 0 Å². The zero-order chi connectivity index (χ0) is 9.14. The second kappa shape index (κ2) is 3.60. The molecule has 0 heterocycles. The van der Waals surface area contributed by atoms with Gasteiger partial charge in [0.15, 0.2) is 16.9 Å². The van der Waals surface area contributed by atoms with Crippen LogP contribution in [0.3, 0.4) is 0 Å². The second-order valence-corrected chi connectivity index (χ2v) is 3.30. The lowest BCUT2D eigenvalue weighted by atomic mass is 10.2. The van der Waals surface area contributed by atoms with Gasteiger partial charge in [0.2, 0.25) is 0 Å². The molecule has 0 aromatic heterocycles. The molecule has 1 atom stereocenters. The maximum absolute atomic E-state index is 10.8. The summed E-state index contributed by atoms with van der Waals surface area (Å²) in [5.41, 5.74) is 0.454. The third-order valence-electron chi connectivity index (χ3n) is 1.44. The van der Waals surface area contributed by atoms with Crippen LogP contribution in [0.5, 0.6) is 0 Å². The highest BCUT2D eigenvalue weighted by Crippen LogP contribution is 2.08. The molecule has 0 radical (unpaired) electrons. The average Bonchev–Trinajstić information content (AvgIpc) is 2.04. The summed E-state index contributed by atoms with van der Waals surface area (Å²) in [6.07, 6.45) is 0. The number of rotatable bonds is 2. The Morgan fingerprint density at radius 2 is 2.17 bits per heavy atom. The Morgan fingerprint density at radius 1 is 1.50 bits per heavy atom. The standard InChI is InChI=1S/C8H8O3S/c1-6(9)7-3-2-4-8(5-7)12(10)11/h2-5H,1H3,(H,10,11). The molecule has 4 heteroatoms. The Hall–Kier alpha value is -1.00. The minimum absolute atomic E-state index is 0.109. The fourth-order valence-electron chi connectivity index (χ4n) is 0.824. The molecule has 64 valence electrons.